The van der Waals surface area contributed by atoms with Gasteiger partial charge in [0.1, 0.15) is 11.9 Å². The van der Waals surface area contributed by atoms with Crippen LogP contribution in [0.25, 0.3) is 17.2 Å². The molecule has 1 saturated heterocycles. The van der Waals surface area contributed by atoms with Crippen LogP contribution < -0.4 is 4.90 Å². The summed E-state index contributed by atoms with van der Waals surface area (Å²) in [5, 5.41) is 18.3. The van der Waals surface area contributed by atoms with Gasteiger partial charge in [-0.15, -0.1) is 0 Å². The Labute approximate surface area is 194 Å². The van der Waals surface area contributed by atoms with Crippen LogP contribution in [0.2, 0.25) is 0 Å². The zero-order valence-electron chi connectivity index (χ0n) is 18.8. The van der Waals surface area contributed by atoms with Crippen molar-refractivity contribution in [2.45, 2.75) is 50.5 Å². The normalized spacial score (nSPS) is 22.7. The lowest BCUT2D eigenvalue weighted by Crippen LogP contribution is -2.57. The summed E-state index contributed by atoms with van der Waals surface area (Å²) in [6.45, 7) is 6.02. The zero-order chi connectivity index (χ0) is 22.5. The van der Waals surface area contributed by atoms with E-state index in [1.807, 2.05) is 12.1 Å². The maximum Gasteiger partial charge on any atom is 0.226 e. The predicted molar refractivity (Wildman–Crippen MR) is 125 cm³/mol. The largest absolute Gasteiger partial charge is 0.352 e. The topological polar surface area (TPSA) is 86.0 Å². The molecule has 0 unspecified atom stereocenters. The summed E-state index contributed by atoms with van der Waals surface area (Å²) in [6, 6.07) is 6.57. The van der Waals surface area contributed by atoms with Gasteiger partial charge in [0.2, 0.25) is 5.91 Å². The first kappa shape index (κ1) is 20.3. The van der Waals surface area contributed by atoms with E-state index in [1.54, 1.807) is 12.3 Å². The molecule has 6 rings (SSSR count). The SMILES string of the molecule is C=Cc1cc(-c2cc(C#N)c(N3CCN(C(=O)C4CC4)[C@H](C4CC4)C3)nc2C2CC2)cnn1. The van der Waals surface area contributed by atoms with E-state index in [0.717, 1.165) is 68.0 Å². The molecule has 2 aromatic heterocycles. The number of hydrogen-bond acceptors (Lipinski definition) is 6. The van der Waals surface area contributed by atoms with E-state index in [2.05, 4.69) is 32.6 Å². The zero-order valence-corrected chi connectivity index (χ0v) is 18.8. The number of nitriles is 1. The highest BCUT2D eigenvalue weighted by Gasteiger charge is 2.45. The van der Waals surface area contributed by atoms with Crippen LogP contribution in [-0.4, -0.2) is 51.7 Å². The Kier molecular flexibility index (Phi) is 4.90. The Morgan fingerprint density at radius 3 is 2.64 bits per heavy atom. The molecule has 0 aromatic carbocycles. The maximum absolute atomic E-state index is 12.9. The van der Waals surface area contributed by atoms with Crippen molar-refractivity contribution < 1.29 is 4.79 Å². The molecule has 0 bridgehead atoms. The molecule has 33 heavy (non-hydrogen) atoms. The van der Waals surface area contributed by atoms with E-state index in [1.165, 1.54) is 12.8 Å². The van der Waals surface area contributed by atoms with E-state index in [0.29, 0.717) is 29.0 Å². The highest BCUT2D eigenvalue weighted by molar-refractivity contribution is 5.82. The third-order valence-corrected chi connectivity index (χ3v) is 7.40. The second kappa shape index (κ2) is 7.95. The first-order chi connectivity index (χ1) is 16.2. The fourth-order valence-electron chi connectivity index (χ4n) is 5.10. The molecule has 7 nitrogen and oxygen atoms in total. The van der Waals surface area contributed by atoms with Gasteiger partial charge in [-0.3, -0.25) is 4.79 Å². The van der Waals surface area contributed by atoms with Crippen LogP contribution in [-0.2, 0) is 4.79 Å². The van der Waals surface area contributed by atoms with Crippen molar-refractivity contribution in [2.24, 2.45) is 11.8 Å². The molecule has 4 aliphatic rings. The van der Waals surface area contributed by atoms with Gasteiger partial charge in [-0.2, -0.15) is 15.5 Å². The number of piperazine rings is 1. The summed E-state index contributed by atoms with van der Waals surface area (Å²) in [4.78, 5) is 22.4. The number of anilines is 1. The number of carbonyl (C=O) groups is 1. The molecular weight excluding hydrogens is 412 g/mol. The lowest BCUT2D eigenvalue weighted by molar-refractivity contribution is -0.135. The van der Waals surface area contributed by atoms with E-state index in [9.17, 15) is 10.1 Å². The summed E-state index contributed by atoms with van der Waals surface area (Å²) in [5.41, 5.74) is 4.24. The Hall–Kier alpha value is -3.27. The second-order valence-corrected chi connectivity index (χ2v) is 9.91. The van der Waals surface area contributed by atoms with Crippen LogP contribution >= 0.6 is 0 Å². The molecule has 1 aliphatic heterocycles. The van der Waals surface area contributed by atoms with Gasteiger partial charge >= 0.3 is 0 Å². The van der Waals surface area contributed by atoms with E-state index >= 15 is 0 Å². The molecule has 0 spiro atoms. The molecule has 1 atom stereocenters. The Morgan fingerprint density at radius 1 is 1.15 bits per heavy atom. The minimum atomic E-state index is 0.240. The molecule has 0 N–H and O–H groups in total. The fourth-order valence-corrected chi connectivity index (χ4v) is 5.10. The van der Waals surface area contributed by atoms with Gasteiger partial charge in [0.15, 0.2) is 0 Å². The third-order valence-electron chi connectivity index (χ3n) is 7.40. The molecule has 0 radical (unpaired) electrons. The van der Waals surface area contributed by atoms with Crippen LogP contribution in [0, 0.1) is 23.2 Å². The summed E-state index contributed by atoms with van der Waals surface area (Å²) in [7, 11) is 0. The van der Waals surface area contributed by atoms with Gasteiger partial charge in [-0.05, 0) is 62.7 Å². The lowest BCUT2D eigenvalue weighted by atomic mass is 9.99. The number of pyridine rings is 1. The summed E-state index contributed by atoms with van der Waals surface area (Å²) < 4.78 is 0. The van der Waals surface area contributed by atoms with E-state index < -0.39 is 0 Å². The van der Waals surface area contributed by atoms with Crippen molar-refractivity contribution in [3.8, 4) is 17.2 Å². The predicted octanol–water partition coefficient (Wildman–Crippen LogP) is 3.77. The third kappa shape index (κ3) is 3.88. The monoisotopic (exact) mass is 440 g/mol. The van der Waals surface area contributed by atoms with Gasteiger partial charge in [0.25, 0.3) is 0 Å². The standard InChI is InChI=1S/C26H28N6O/c1-2-21-11-20(14-28-30-21)22-12-19(13-27)25(29-24(22)17-5-6-17)31-9-10-32(26(33)18-7-8-18)23(15-31)16-3-4-16/h2,11-12,14,16-18,23H,1,3-10,15H2/t23-/m0/s1. The highest BCUT2D eigenvalue weighted by atomic mass is 16.2. The molecule has 3 heterocycles. The quantitative estimate of drug-likeness (QED) is 0.680. The van der Waals surface area contributed by atoms with Gasteiger partial charge < -0.3 is 9.80 Å². The van der Waals surface area contributed by atoms with Gasteiger partial charge in [0.05, 0.1) is 29.2 Å². The van der Waals surface area contributed by atoms with Crippen LogP contribution in [0.1, 0.15) is 61.4 Å². The maximum atomic E-state index is 12.9. The Balaban J connectivity index is 1.35. The van der Waals surface area contributed by atoms with Crippen LogP contribution in [0.5, 0.6) is 0 Å². The molecule has 1 amide bonds. The van der Waals surface area contributed by atoms with Crippen LogP contribution in [0.3, 0.4) is 0 Å². The number of amides is 1. The van der Waals surface area contributed by atoms with Crippen LogP contribution in [0.4, 0.5) is 5.82 Å². The number of nitrogens with zero attached hydrogens (tertiary/aromatic N) is 6. The number of carbonyl (C=O) groups excluding carboxylic acids is 1. The average molecular weight is 441 g/mol. The number of rotatable bonds is 6. The summed E-state index contributed by atoms with van der Waals surface area (Å²) in [5.74, 6) is 2.38. The van der Waals surface area contributed by atoms with Gasteiger partial charge in [-0.1, -0.05) is 6.58 Å². The van der Waals surface area contributed by atoms with E-state index in [-0.39, 0.29) is 12.0 Å². The van der Waals surface area contributed by atoms with Crippen molar-refractivity contribution in [2.75, 3.05) is 24.5 Å². The minimum absolute atomic E-state index is 0.240. The molecular formula is C26H28N6O. The molecule has 168 valence electrons. The minimum Gasteiger partial charge on any atom is -0.352 e. The highest BCUT2D eigenvalue weighted by Crippen LogP contribution is 2.46. The molecule has 7 heteroatoms. The summed E-state index contributed by atoms with van der Waals surface area (Å²) >= 11 is 0. The van der Waals surface area contributed by atoms with E-state index in [4.69, 9.17) is 4.98 Å². The first-order valence-electron chi connectivity index (χ1n) is 12.1. The fraction of sp³-hybridized carbons (Fsp3) is 0.500. The smallest absolute Gasteiger partial charge is 0.226 e. The van der Waals surface area contributed by atoms with Crippen molar-refractivity contribution in [1.29, 1.82) is 5.26 Å². The second-order valence-electron chi connectivity index (χ2n) is 9.91. The molecule has 3 saturated carbocycles. The average Bonchev–Trinajstić information content (AvgIpc) is 3.72. The van der Waals surface area contributed by atoms with Crippen molar-refractivity contribution in [1.82, 2.24) is 20.1 Å². The van der Waals surface area contributed by atoms with Crippen molar-refractivity contribution >= 4 is 17.8 Å². The lowest BCUT2D eigenvalue weighted by Gasteiger charge is -2.43. The van der Waals surface area contributed by atoms with Crippen molar-refractivity contribution in [3.63, 3.8) is 0 Å². The molecule has 2 aromatic rings. The van der Waals surface area contributed by atoms with Gasteiger partial charge in [-0.25, -0.2) is 4.98 Å². The number of aromatic nitrogens is 3. The summed E-state index contributed by atoms with van der Waals surface area (Å²) in [6.07, 6.45) is 10.1. The first-order valence-corrected chi connectivity index (χ1v) is 12.1. The van der Waals surface area contributed by atoms with Crippen LogP contribution in [0.15, 0.2) is 24.9 Å². The molecule has 3 aliphatic carbocycles. The number of hydrogen-bond donors (Lipinski definition) is 0. The van der Waals surface area contributed by atoms with Crippen molar-refractivity contribution in [3.05, 3.63) is 41.9 Å². The van der Waals surface area contributed by atoms with Gasteiger partial charge in [0, 0.05) is 42.6 Å². The molecule has 4 fully saturated rings. The Morgan fingerprint density at radius 2 is 1.97 bits per heavy atom. The Bertz CT molecular complexity index is 1160.